The number of hydrogen-bond acceptors (Lipinski definition) is 4. The Morgan fingerprint density at radius 1 is 1.53 bits per heavy atom. The first-order chi connectivity index (χ1) is 8.15. The summed E-state index contributed by atoms with van der Waals surface area (Å²) in [5.74, 6) is -0.0921. The van der Waals surface area contributed by atoms with E-state index in [9.17, 15) is 4.79 Å². The molecule has 5 nitrogen and oxygen atoms in total. The Morgan fingerprint density at radius 3 is 2.94 bits per heavy atom. The molecule has 5 heteroatoms. The Bertz CT molecular complexity index is 367. The molecule has 0 saturated heterocycles. The zero-order chi connectivity index (χ0) is 12.7. The lowest BCUT2D eigenvalue weighted by Crippen LogP contribution is -2.22. The number of carbonyl (C=O) groups is 1. The van der Waals surface area contributed by atoms with Crippen LogP contribution in [0.15, 0.2) is 18.3 Å². The molecule has 1 amide bonds. The molecule has 94 valence electrons. The number of rotatable bonds is 6. The van der Waals surface area contributed by atoms with Crippen LogP contribution in [0.5, 0.6) is 0 Å². The van der Waals surface area contributed by atoms with E-state index >= 15 is 0 Å². The van der Waals surface area contributed by atoms with Gasteiger partial charge in [0, 0.05) is 46.2 Å². The van der Waals surface area contributed by atoms with Gasteiger partial charge >= 0.3 is 0 Å². The standard InChI is InChI=1S/C12H19N3O2/c1-15(2)12(16)11-9-10(5-7-14-11)13-6-4-8-17-3/h5,7,9H,4,6,8H2,1-3H3,(H,13,14). The van der Waals surface area contributed by atoms with E-state index in [-0.39, 0.29) is 5.91 Å². The van der Waals surface area contributed by atoms with Crippen LogP contribution in [0.1, 0.15) is 16.9 Å². The summed E-state index contributed by atoms with van der Waals surface area (Å²) in [5, 5.41) is 3.22. The van der Waals surface area contributed by atoms with Crippen LogP contribution in [0.4, 0.5) is 5.69 Å². The number of aromatic nitrogens is 1. The fourth-order valence-electron chi connectivity index (χ4n) is 1.34. The third kappa shape index (κ3) is 4.40. The molecular formula is C12H19N3O2. The predicted octanol–water partition coefficient (Wildman–Crippen LogP) is 1.23. The van der Waals surface area contributed by atoms with Crippen molar-refractivity contribution in [2.45, 2.75) is 6.42 Å². The normalized spacial score (nSPS) is 10.1. The average Bonchev–Trinajstić information content (AvgIpc) is 2.34. The van der Waals surface area contributed by atoms with Crippen LogP contribution in [0.25, 0.3) is 0 Å². The van der Waals surface area contributed by atoms with E-state index in [2.05, 4.69) is 10.3 Å². The van der Waals surface area contributed by atoms with Crippen molar-refractivity contribution in [3.63, 3.8) is 0 Å². The smallest absolute Gasteiger partial charge is 0.272 e. The molecule has 1 N–H and O–H groups in total. The molecule has 0 bridgehead atoms. The fourth-order valence-corrected chi connectivity index (χ4v) is 1.34. The van der Waals surface area contributed by atoms with Crippen LogP contribution in [0.2, 0.25) is 0 Å². The fraction of sp³-hybridized carbons (Fsp3) is 0.500. The number of pyridine rings is 1. The summed E-state index contributed by atoms with van der Waals surface area (Å²) >= 11 is 0. The van der Waals surface area contributed by atoms with Crippen LogP contribution < -0.4 is 5.32 Å². The van der Waals surface area contributed by atoms with E-state index in [1.54, 1.807) is 33.5 Å². The van der Waals surface area contributed by atoms with Crippen molar-refractivity contribution in [3.8, 4) is 0 Å². The Labute approximate surface area is 102 Å². The van der Waals surface area contributed by atoms with Gasteiger partial charge in [-0.2, -0.15) is 0 Å². The molecule has 0 spiro atoms. The minimum atomic E-state index is -0.0921. The quantitative estimate of drug-likeness (QED) is 0.756. The van der Waals surface area contributed by atoms with Gasteiger partial charge in [0.1, 0.15) is 5.69 Å². The lowest BCUT2D eigenvalue weighted by molar-refractivity contribution is 0.0822. The molecule has 0 atom stereocenters. The van der Waals surface area contributed by atoms with Crippen LogP contribution in [-0.2, 0) is 4.74 Å². The van der Waals surface area contributed by atoms with E-state index in [4.69, 9.17) is 4.74 Å². The molecule has 1 rings (SSSR count). The number of ether oxygens (including phenoxy) is 1. The van der Waals surface area contributed by atoms with E-state index < -0.39 is 0 Å². The lowest BCUT2D eigenvalue weighted by atomic mass is 10.3. The van der Waals surface area contributed by atoms with Gasteiger partial charge < -0.3 is 15.0 Å². The molecule has 1 aromatic heterocycles. The van der Waals surface area contributed by atoms with E-state index in [1.807, 2.05) is 6.07 Å². The van der Waals surface area contributed by atoms with Gasteiger partial charge in [0.2, 0.25) is 0 Å². The van der Waals surface area contributed by atoms with Gasteiger partial charge in [0.15, 0.2) is 0 Å². The monoisotopic (exact) mass is 237 g/mol. The van der Waals surface area contributed by atoms with Crippen LogP contribution in [-0.4, -0.2) is 50.1 Å². The average molecular weight is 237 g/mol. The first kappa shape index (κ1) is 13.4. The molecule has 1 aromatic rings. The zero-order valence-corrected chi connectivity index (χ0v) is 10.6. The summed E-state index contributed by atoms with van der Waals surface area (Å²) in [6, 6.07) is 3.61. The number of hydrogen-bond donors (Lipinski definition) is 1. The summed E-state index contributed by atoms with van der Waals surface area (Å²) in [5.41, 5.74) is 1.35. The predicted molar refractivity (Wildman–Crippen MR) is 67.2 cm³/mol. The lowest BCUT2D eigenvalue weighted by Gasteiger charge is -2.11. The highest BCUT2D eigenvalue weighted by atomic mass is 16.5. The second-order valence-corrected chi connectivity index (χ2v) is 3.90. The molecule has 0 aliphatic heterocycles. The molecule has 0 radical (unpaired) electrons. The molecule has 0 unspecified atom stereocenters. The highest BCUT2D eigenvalue weighted by molar-refractivity contribution is 5.92. The maximum Gasteiger partial charge on any atom is 0.272 e. The Hall–Kier alpha value is -1.62. The zero-order valence-electron chi connectivity index (χ0n) is 10.6. The van der Waals surface area contributed by atoms with Crippen molar-refractivity contribution in [1.29, 1.82) is 0 Å². The maximum absolute atomic E-state index is 11.7. The minimum absolute atomic E-state index is 0.0921. The van der Waals surface area contributed by atoms with Crippen LogP contribution >= 0.6 is 0 Å². The summed E-state index contributed by atoms with van der Waals surface area (Å²) in [7, 11) is 5.10. The molecular weight excluding hydrogens is 218 g/mol. The van der Waals surface area contributed by atoms with Crippen molar-refractivity contribution in [3.05, 3.63) is 24.0 Å². The highest BCUT2D eigenvalue weighted by Gasteiger charge is 2.09. The summed E-state index contributed by atoms with van der Waals surface area (Å²) < 4.78 is 4.96. The molecule has 17 heavy (non-hydrogen) atoms. The third-order valence-electron chi connectivity index (χ3n) is 2.24. The highest BCUT2D eigenvalue weighted by Crippen LogP contribution is 2.09. The second-order valence-electron chi connectivity index (χ2n) is 3.90. The topological polar surface area (TPSA) is 54.5 Å². The molecule has 0 fully saturated rings. The summed E-state index contributed by atoms with van der Waals surface area (Å²) in [6.07, 6.45) is 2.56. The Balaban J connectivity index is 2.57. The first-order valence-electron chi connectivity index (χ1n) is 5.55. The number of amides is 1. The Morgan fingerprint density at radius 2 is 2.29 bits per heavy atom. The molecule has 0 aromatic carbocycles. The van der Waals surface area contributed by atoms with E-state index in [0.29, 0.717) is 5.69 Å². The van der Waals surface area contributed by atoms with Gasteiger partial charge in [-0.15, -0.1) is 0 Å². The van der Waals surface area contributed by atoms with Gasteiger partial charge in [-0.1, -0.05) is 0 Å². The van der Waals surface area contributed by atoms with Crippen molar-refractivity contribution in [2.75, 3.05) is 39.7 Å². The number of carbonyl (C=O) groups excluding carboxylic acids is 1. The van der Waals surface area contributed by atoms with Crippen LogP contribution in [0, 0.1) is 0 Å². The van der Waals surface area contributed by atoms with Crippen molar-refractivity contribution in [1.82, 2.24) is 9.88 Å². The SMILES string of the molecule is COCCCNc1ccnc(C(=O)N(C)C)c1. The van der Waals surface area contributed by atoms with Crippen LogP contribution in [0.3, 0.4) is 0 Å². The van der Waals surface area contributed by atoms with Gasteiger partial charge in [-0.05, 0) is 18.6 Å². The van der Waals surface area contributed by atoms with Crippen molar-refractivity contribution >= 4 is 11.6 Å². The van der Waals surface area contributed by atoms with E-state index in [0.717, 1.165) is 25.3 Å². The van der Waals surface area contributed by atoms with Crippen molar-refractivity contribution < 1.29 is 9.53 Å². The van der Waals surface area contributed by atoms with E-state index in [1.165, 1.54) is 4.90 Å². The number of methoxy groups -OCH3 is 1. The first-order valence-corrected chi connectivity index (χ1v) is 5.55. The maximum atomic E-state index is 11.7. The van der Waals surface area contributed by atoms with Gasteiger partial charge in [-0.3, -0.25) is 9.78 Å². The molecule has 0 aliphatic rings. The molecule has 0 saturated carbocycles. The van der Waals surface area contributed by atoms with Crippen molar-refractivity contribution in [2.24, 2.45) is 0 Å². The summed E-state index contributed by atoms with van der Waals surface area (Å²) in [4.78, 5) is 17.2. The largest absolute Gasteiger partial charge is 0.385 e. The number of nitrogens with zero attached hydrogens (tertiary/aromatic N) is 2. The minimum Gasteiger partial charge on any atom is -0.385 e. The third-order valence-corrected chi connectivity index (χ3v) is 2.24. The molecule has 1 heterocycles. The van der Waals surface area contributed by atoms with Gasteiger partial charge in [-0.25, -0.2) is 0 Å². The van der Waals surface area contributed by atoms with Gasteiger partial charge in [0.05, 0.1) is 0 Å². The second kappa shape index (κ2) is 6.85. The number of nitrogens with one attached hydrogen (secondary N) is 1. The number of anilines is 1. The molecule has 0 aliphatic carbocycles. The van der Waals surface area contributed by atoms with Gasteiger partial charge in [0.25, 0.3) is 5.91 Å². The summed E-state index contributed by atoms with van der Waals surface area (Å²) in [6.45, 7) is 1.54. The Kier molecular flexibility index (Phi) is 5.42.